The first-order valence-electron chi connectivity index (χ1n) is 9.83. The van der Waals surface area contributed by atoms with Crippen molar-refractivity contribution in [3.63, 3.8) is 0 Å². The van der Waals surface area contributed by atoms with Gasteiger partial charge in [-0.2, -0.15) is 0 Å². The van der Waals surface area contributed by atoms with Crippen LogP contribution in [0.1, 0.15) is 43.4 Å². The molecule has 2 N–H and O–H groups in total. The number of amides is 3. The Morgan fingerprint density at radius 3 is 2.28 bits per heavy atom. The van der Waals surface area contributed by atoms with E-state index in [-0.39, 0.29) is 19.1 Å². The SMILES string of the molecule is Cc1ccc(OC[C@H](O)CN2C(=O)N[C@](C)(c3ccc(C(C)C)cc3)C2=O)cc1. The minimum Gasteiger partial charge on any atom is -0.491 e. The molecule has 154 valence electrons. The van der Waals surface area contributed by atoms with E-state index in [0.29, 0.717) is 17.2 Å². The largest absolute Gasteiger partial charge is 0.491 e. The first-order chi connectivity index (χ1) is 13.7. The zero-order valence-corrected chi connectivity index (χ0v) is 17.3. The second-order valence-corrected chi connectivity index (χ2v) is 8.03. The molecule has 3 amide bonds. The highest BCUT2D eigenvalue weighted by Gasteiger charge is 2.49. The molecule has 2 aromatic carbocycles. The molecule has 1 heterocycles. The molecule has 1 fully saturated rings. The van der Waals surface area contributed by atoms with Crippen molar-refractivity contribution >= 4 is 11.9 Å². The topological polar surface area (TPSA) is 78.9 Å². The lowest BCUT2D eigenvalue weighted by Crippen LogP contribution is -2.42. The summed E-state index contributed by atoms with van der Waals surface area (Å²) in [5.74, 6) is 0.627. The highest BCUT2D eigenvalue weighted by atomic mass is 16.5. The number of ether oxygens (including phenoxy) is 1. The number of aryl methyl sites for hydroxylation is 1. The van der Waals surface area contributed by atoms with Gasteiger partial charge in [-0.1, -0.05) is 55.8 Å². The second-order valence-electron chi connectivity index (χ2n) is 8.03. The molecule has 2 aromatic rings. The lowest BCUT2D eigenvalue weighted by molar-refractivity contribution is -0.132. The molecule has 1 aliphatic rings. The van der Waals surface area contributed by atoms with Crippen molar-refractivity contribution in [2.75, 3.05) is 13.2 Å². The van der Waals surface area contributed by atoms with E-state index in [1.54, 1.807) is 6.92 Å². The summed E-state index contributed by atoms with van der Waals surface area (Å²) in [6.45, 7) is 7.72. The Kier molecular flexibility index (Phi) is 5.94. The lowest BCUT2D eigenvalue weighted by Gasteiger charge is -2.23. The van der Waals surface area contributed by atoms with Crippen LogP contribution in [0.2, 0.25) is 0 Å². The van der Waals surface area contributed by atoms with Gasteiger partial charge in [-0.15, -0.1) is 0 Å². The van der Waals surface area contributed by atoms with Crippen LogP contribution in [0, 0.1) is 6.92 Å². The second kappa shape index (κ2) is 8.25. The highest BCUT2D eigenvalue weighted by molar-refractivity contribution is 6.07. The van der Waals surface area contributed by atoms with Gasteiger partial charge in [-0.25, -0.2) is 4.79 Å². The third-order valence-electron chi connectivity index (χ3n) is 5.29. The van der Waals surface area contributed by atoms with Gasteiger partial charge in [0.05, 0.1) is 6.54 Å². The van der Waals surface area contributed by atoms with Crippen molar-refractivity contribution in [3.8, 4) is 5.75 Å². The molecule has 3 rings (SSSR count). The number of urea groups is 1. The first kappa shape index (κ1) is 20.9. The number of aliphatic hydroxyl groups excluding tert-OH is 1. The van der Waals surface area contributed by atoms with Crippen LogP contribution in [0.4, 0.5) is 4.79 Å². The van der Waals surface area contributed by atoms with E-state index >= 15 is 0 Å². The molecule has 1 saturated heterocycles. The van der Waals surface area contributed by atoms with E-state index < -0.39 is 17.7 Å². The van der Waals surface area contributed by atoms with Gasteiger partial charge < -0.3 is 15.2 Å². The van der Waals surface area contributed by atoms with Crippen molar-refractivity contribution < 1.29 is 19.4 Å². The number of imide groups is 1. The van der Waals surface area contributed by atoms with Gasteiger partial charge in [0, 0.05) is 0 Å². The molecule has 0 aliphatic carbocycles. The number of β-amino-alcohol motifs (C(OH)–C–C–N with tert-alkyl or cyclic N) is 1. The van der Waals surface area contributed by atoms with Crippen LogP contribution < -0.4 is 10.1 Å². The Labute approximate surface area is 171 Å². The van der Waals surface area contributed by atoms with Crippen molar-refractivity contribution in [1.29, 1.82) is 0 Å². The van der Waals surface area contributed by atoms with Crippen molar-refractivity contribution in [1.82, 2.24) is 10.2 Å². The van der Waals surface area contributed by atoms with Crippen LogP contribution in [0.5, 0.6) is 5.75 Å². The molecule has 0 unspecified atom stereocenters. The maximum atomic E-state index is 13.0. The number of rotatable bonds is 7. The number of benzene rings is 2. The smallest absolute Gasteiger partial charge is 0.325 e. The van der Waals surface area contributed by atoms with Crippen LogP contribution in [0.15, 0.2) is 48.5 Å². The molecular formula is C23H28N2O4. The average Bonchev–Trinajstić information content (AvgIpc) is 2.91. The standard InChI is InChI=1S/C23H28N2O4/c1-15(2)17-7-9-18(10-8-17)23(4)21(27)25(22(28)24-23)13-19(26)14-29-20-11-5-16(3)6-12-20/h5-12,15,19,26H,13-14H2,1-4H3,(H,24,28)/t19-,23-/m1/s1. The summed E-state index contributed by atoms with van der Waals surface area (Å²) in [6.07, 6.45) is -0.989. The van der Waals surface area contributed by atoms with Gasteiger partial charge >= 0.3 is 6.03 Å². The van der Waals surface area contributed by atoms with Gasteiger partial charge in [-0.05, 0) is 43.0 Å². The van der Waals surface area contributed by atoms with Crippen LogP contribution in [-0.2, 0) is 10.3 Å². The summed E-state index contributed by atoms with van der Waals surface area (Å²) in [5, 5.41) is 13.1. The summed E-state index contributed by atoms with van der Waals surface area (Å²) < 4.78 is 5.56. The zero-order chi connectivity index (χ0) is 21.2. The summed E-state index contributed by atoms with van der Waals surface area (Å²) in [4.78, 5) is 26.5. The van der Waals surface area contributed by atoms with E-state index in [0.717, 1.165) is 16.0 Å². The van der Waals surface area contributed by atoms with E-state index in [2.05, 4.69) is 19.2 Å². The highest BCUT2D eigenvalue weighted by Crippen LogP contribution is 2.30. The Balaban J connectivity index is 1.65. The van der Waals surface area contributed by atoms with Gasteiger partial charge in [0.2, 0.25) is 0 Å². The monoisotopic (exact) mass is 396 g/mol. The number of nitrogens with zero attached hydrogens (tertiary/aromatic N) is 1. The Bertz CT molecular complexity index is 877. The number of carbonyl (C=O) groups excluding carboxylic acids is 2. The summed E-state index contributed by atoms with van der Waals surface area (Å²) in [6, 6.07) is 14.6. The predicted molar refractivity (Wildman–Crippen MR) is 111 cm³/mol. The first-order valence-corrected chi connectivity index (χ1v) is 9.83. The van der Waals surface area contributed by atoms with Crippen LogP contribution >= 0.6 is 0 Å². The number of aliphatic hydroxyl groups is 1. The maximum Gasteiger partial charge on any atom is 0.325 e. The molecule has 6 nitrogen and oxygen atoms in total. The number of hydrogen-bond donors (Lipinski definition) is 2. The number of carbonyl (C=O) groups is 2. The quantitative estimate of drug-likeness (QED) is 0.704. The van der Waals surface area contributed by atoms with Crippen molar-refractivity contribution in [2.45, 2.75) is 45.3 Å². The van der Waals surface area contributed by atoms with Gasteiger partial charge in [-0.3, -0.25) is 9.69 Å². The Hall–Kier alpha value is -2.86. The molecule has 0 saturated carbocycles. The van der Waals surface area contributed by atoms with Crippen LogP contribution in [0.3, 0.4) is 0 Å². The third kappa shape index (κ3) is 4.43. The minimum atomic E-state index is -1.15. The number of nitrogens with one attached hydrogen (secondary N) is 1. The Morgan fingerprint density at radius 1 is 1.07 bits per heavy atom. The van der Waals surface area contributed by atoms with E-state index in [4.69, 9.17) is 4.74 Å². The van der Waals surface area contributed by atoms with Crippen molar-refractivity contribution in [3.05, 3.63) is 65.2 Å². The zero-order valence-electron chi connectivity index (χ0n) is 17.3. The molecule has 0 bridgehead atoms. The minimum absolute atomic E-state index is 0.0140. The van der Waals surface area contributed by atoms with E-state index in [9.17, 15) is 14.7 Å². The van der Waals surface area contributed by atoms with Gasteiger partial charge in [0.15, 0.2) is 0 Å². The third-order valence-corrected chi connectivity index (χ3v) is 5.29. The molecule has 0 spiro atoms. The molecule has 1 aliphatic heterocycles. The molecule has 29 heavy (non-hydrogen) atoms. The maximum absolute atomic E-state index is 13.0. The predicted octanol–water partition coefficient (Wildman–Crippen LogP) is 3.33. The molecule has 2 atom stereocenters. The summed E-state index contributed by atoms with van der Waals surface area (Å²) in [5.41, 5.74) is 1.84. The lowest BCUT2D eigenvalue weighted by atomic mass is 9.90. The molecule has 0 radical (unpaired) electrons. The molecular weight excluding hydrogens is 368 g/mol. The van der Waals surface area contributed by atoms with Gasteiger partial charge in [0.25, 0.3) is 5.91 Å². The van der Waals surface area contributed by atoms with Crippen LogP contribution in [0.25, 0.3) is 0 Å². The fourth-order valence-corrected chi connectivity index (χ4v) is 3.35. The van der Waals surface area contributed by atoms with Crippen molar-refractivity contribution in [2.24, 2.45) is 0 Å². The summed E-state index contributed by atoms with van der Waals surface area (Å²) >= 11 is 0. The summed E-state index contributed by atoms with van der Waals surface area (Å²) in [7, 11) is 0. The van der Waals surface area contributed by atoms with Gasteiger partial charge in [0.1, 0.15) is 24.0 Å². The average molecular weight is 396 g/mol. The normalized spacial score (nSPS) is 20.1. The molecule has 6 heteroatoms. The van der Waals surface area contributed by atoms with E-state index in [1.807, 2.05) is 55.5 Å². The fourth-order valence-electron chi connectivity index (χ4n) is 3.35. The fraction of sp³-hybridized carbons (Fsp3) is 0.391. The van der Waals surface area contributed by atoms with Crippen LogP contribution in [-0.4, -0.2) is 41.2 Å². The molecule has 0 aromatic heterocycles. The number of hydrogen-bond acceptors (Lipinski definition) is 4. The van der Waals surface area contributed by atoms with E-state index in [1.165, 1.54) is 0 Å². The Morgan fingerprint density at radius 2 is 1.69 bits per heavy atom.